The van der Waals surface area contributed by atoms with Gasteiger partial charge in [0.05, 0.1) is 19.1 Å². The number of nitrogens with one attached hydrogen (secondary N) is 1. The van der Waals surface area contributed by atoms with Crippen LogP contribution in [0.4, 0.5) is 0 Å². The molecule has 0 fully saturated rings. The predicted octanol–water partition coefficient (Wildman–Crippen LogP) is 1.70. The van der Waals surface area contributed by atoms with Crippen LogP contribution in [0.5, 0.6) is 5.75 Å². The fourth-order valence-electron chi connectivity index (χ4n) is 1.70. The number of hydrogen-bond donors (Lipinski definition) is 2. The van der Waals surface area contributed by atoms with Crippen molar-refractivity contribution in [1.82, 2.24) is 10.2 Å². The van der Waals surface area contributed by atoms with Gasteiger partial charge in [-0.15, -0.1) is 12.4 Å². The summed E-state index contributed by atoms with van der Waals surface area (Å²) >= 11 is 5.86. The largest absolute Gasteiger partial charge is 0.492 e. The average molecular weight is 378 g/mol. The number of hydrogen-bond acceptors (Lipinski definition) is 4. The van der Waals surface area contributed by atoms with Gasteiger partial charge in [-0.2, -0.15) is 0 Å². The van der Waals surface area contributed by atoms with Crippen LogP contribution in [0.1, 0.15) is 13.8 Å². The highest BCUT2D eigenvalue weighted by Crippen LogP contribution is 2.16. The van der Waals surface area contributed by atoms with Crippen molar-refractivity contribution in [1.29, 1.82) is 0 Å². The monoisotopic (exact) mass is 377 g/mol. The Bertz CT molecular complexity index is 541. The fourth-order valence-corrected chi connectivity index (χ4v) is 1.88. The molecule has 0 aliphatic carbocycles. The minimum atomic E-state index is -0.612. The van der Waals surface area contributed by atoms with Gasteiger partial charge in [0.2, 0.25) is 11.8 Å². The second-order valence-corrected chi connectivity index (χ2v) is 6.05. The van der Waals surface area contributed by atoms with Gasteiger partial charge in [-0.1, -0.05) is 31.5 Å². The van der Waals surface area contributed by atoms with Gasteiger partial charge < -0.3 is 20.7 Å². The lowest BCUT2D eigenvalue weighted by molar-refractivity contribution is -0.132. The normalized spacial score (nSPS) is 11.4. The van der Waals surface area contributed by atoms with Crippen molar-refractivity contribution < 1.29 is 14.3 Å². The molecule has 24 heavy (non-hydrogen) atoms. The molecule has 0 spiro atoms. The average Bonchev–Trinajstić information content (AvgIpc) is 2.51. The Kier molecular flexibility index (Phi) is 10.4. The zero-order chi connectivity index (χ0) is 17.4. The summed E-state index contributed by atoms with van der Waals surface area (Å²) in [6.45, 7) is 4.36. The first-order valence-corrected chi connectivity index (χ1v) is 7.84. The maximum atomic E-state index is 11.9. The van der Waals surface area contributed by atoms with Gasteiger partial charge in [0.15, 0.2) is 0 Å². The molecule has 0 aromatic heterocycles. The first-order valence-electron chi connectivity index (χ1n) is 7.47. The maximum Gasteiger partial charge on any atom is 0.241 e. The van der Waals surface area contributed by atoms with Crippen molar-refractivity contribution in [2.24, 2.45) is 11.7 Å². The Morgan fingerprint density at radius 3 is 2.62 bits per heavy atom. The molecule has 0 radical (unpaired) electrons. The van der Waals surface area contributed by atoms with Crippen LogP contribution < -0.4 is 15.8 Å². The van der Waals surface area contributed by atoms with Gasteiger partial charge in [-0.25, -0.2) is 0 Å². The van der Waals surface area contributed by atoms with E-state index >= 15 is 0 Å². The highest BCUT2D eigenvalue weighted by molar-refractivity contribution is 6.30. The summed E-state index contributed by atoms with van der Waals surface area (Å²) in [7, 11) is 1.65. The van der Waals surface area contributed by atoms with Crippen molar-refractivity contribution in [3.63, 3.8) is 0 Å². The van der Waals surface area contributed by atoms with Crippen LogP contribution in [0.3, 0.4) is 0 Å². The van der Waals surface area contributed by atoms with E-state index in [1.807, 2.05) is 13.8 Å². The first kappa shape index (κ1) is 22.5. The molecule has 0 saturated heterocycles. The highest BCUT2D eigenvalue weighted by atomic mass is 35.5. The summed E-state index contributed by atoms with van der Waals surface area (Å²) in [6.07, 6.45) is 0. The minimum absolute atomic E-state index is 0. The van der Waals surface area contributed by atoms with Gasteiger partial charge in [0.25, 0.3) is 0 Å². The van der Waals surface area contributed by atoms with E-state index in [0.717, 1.165) is 0 Å². The van der Waals surface area contributed by atoms with Crippen molar-refractivity contribution in [2.75, 3.05) is 26.7 Å². The lowest BCUT2D eigenvalue weighted by Gasteiger charge is -2.19. The van der Waals surface area contributed by atoms with Crippen LogP contribution in [0, 0.1) is 5.92 Å². The molecule has 1 aromatic carbocycles. The Labute approximate surface area is 154 Å². The number of likely N-dealkylation sites (N-methyl/N-ethyl adjacent to an activating group) is 1. The lowest BCUT2D eigenvalue weighted by Crippen LogP contribution is -2.47. The Hall–Kier alpha value is -1.50. The highest BCUT2D eigenvalue weighted by Gasteiger charge is 2.18. The van der Waals surface area contributed by atoms with E-state index in [1.54, 1.807) is 31.3 Å². The summed E-state index contributed by atoms with van der Waals surface area (Å²) < 4.78 is 5.52. The number of carbonyl (C=O) groups is 2. The molecule has 1 atom stereocenters. The number of ether oxygens (including phenoxy) is 1. The molecule has 0 unspecified atom stereocenters. The van der Waals surface area contributed by atoms with E-state index < -0.39 is 6.04 Å². The number of amides is 2. The molecule has 8 heteroatoms. The van der Waals surface area contributed by atoms with Crippen LogP contribution >= 0.6 is 24.0 Å². The molecule has 0 aliphatic heterocycles. The van der Waals surface area contributed by atoms with Crippen LogP contribution in [-0.2, 0) is 9.59 Å². The van der Waals surface area contributed by atoms with Gasteiger partial charge in [-0.3, -0.25) is 9.59 Å². The third-order valence-electron chi connectivity index (χ3n) is 3.35. The van der Waals surface area contributed by atoms with Crippen LogP contribution in [0.15, 0.2) is 24.3 Å². The van der Waals surface area contributed by atoms with Crippen LogP contribution in [0.2, 0.25) is 5.02 Å². The van der Waals surface area contributed by atoms with Crippen molar-refractivity contribution in [3.05, 3.63) is 29.3 Å². The number of carbonyl (C=O) groups excluding carboxylic acids is 2. The smallest absolute Gasteiger partial charge is 0.241 e. The van der Waals surface area contributed by atoms with Gasteiger partial charge in [0.1, 0.15) is 12.4 Å². The number of benzene rings is 1. The van der Waals surface area contributed by atoms with E-state index in [9.17, 15) is 9.59 Å². The van der Waals surface area contributed by atoms with E-state index in [4.69, 9.17) is 22.1 Å². The Morgan fingerprint density at radius 2 is 2.04 bits per heavy atom. The van der Waals surface area contributed by atoms with E-state index in [2.05, 4.69) is 5.32 Å². The van der Waals surface area contributed by atoms with E-state index in [0.29, 0.717) is 23.9 Å². The zero-order valence-corrected chi connectivity index (χ0v) is 15.7. The molecule has 0 aliphatic rings. The second kappa shape index (κ2) is 11.1. The Morgan fingerprint density at radius 1 is 1.38 bits per heavy atom. The predicted molar refractivity (Wildman–Crippen MR) is 97.7 cm³/mol. The molecule has 1 rings (SSSR count). The molecular weight excluding hydrogens is 353 g/mol. The molecule has 0 heterocycles. The topological polar surface area (TPSA) is 84.7 Å². The number of nitrogens with two attached hydrogens (primary N) is 1. The van der Waals surface area contributed by atoms with Crippen molar-refractivity contribution in [2.45, 2.75) is 19.9 Å². The van der Waals surface area contributed by atoms with Gasteiger partial charge >= 0.3 is 0 Å². The quantitative estimate of drug-likeness (QED) is 0.721. The zero-order valence-electron chi connectivity index (χ0n) is 14.1. The first-order chi connectivity index (χ1) is 10.8. The minimum Gasteiger partial charge on any atom is -0.492 e. The molecule has 2 amide bonds. The molecule has 6 nitrogen and oxygen atoms in total. The molecule has 3 N–H and O–H groups in total. The van der Waals surface area contributed by atoms with Crippen LogP contribution in [0.25, 0.3) is 0 Å². The summed E-state index contributed by atoms with van der Waals surface area (Å²) in [5.41, 5.74) is 5.71. The van der Waals surface area contributed by atoms with Crippen molar-refractivity contribution >= 4 is 35.8 Å². The molecule has 0 bridgehead atoms. The summed E-state index contributed by atoms with van der Waals surface area (Å²) in [4.78, 5) is 25.1. The Balaban J connectivity index is 0.00000529. The standard InChI is InChI=1S/C16H24ClN3O3.ClH/c1-11(2)15(18)16(22)19-10-14(21)20(3)7-8-23-13-6-4-5-12(17)9-13;/h4-6,9,11,15H,7-8,10,18H2,1-3H3,(H,19,22);1H/t15-;/m0./s1. The van der Waals surface area contributed by atoms with Gasteiger partial charge in [0, 0.05) is 12.1 Å². The van der Waals surface area contributed by atoms with Gasteiger partial charge in [-0.05, 0) is 24.1 Å². The summed E-state index contributed by atoms with van der Waals surface area (Å²) in [5.74, 6) is 0.143. The molecule has 1 aromatic rings. The SMILES string of the molecule is CC(C)[C@H](N)C(=O)NCC(=O)N(C)CCOc1cccc(Cl)c1.Cl. The number of rotatable bonds is 8. The molecule has 0 saturated carbocycles. The third kappa shape index (κ3) is 7.86. The van der Waals surface area contributed by atoms with Crippen molar-refractivity contribution in [3.8, 4) is 5.75 Å². The molecular formula is C16H25Cl2N3O3. The molecule has 136 valence electrons. The second-order valence-electron chi connectivity index (χ2n) is 5.61. The maximum absolute atomic E-state index is 11.9. The lowest BCUT2D eigenvalue weighted by atomic mass is 10.1. The summed E-state index contributed by atoms with van der Waals surface area (Å²) in [6, 6.07) is 6.44. The number of halogens is 2. The van der Waals surface area contributed by atoms with E-state index in [-0.39, 0.29) is 36.7 Å². The van der Waals surface area contributed by atoms with Crippen LogP contribution in [-0.4, -0.2) is 49.5 Å². The van der Waals surface area contributed by atoms with E-state index in [1.165, 1.54) is 4.90 Å². The number of nitrogens with zero attached hydrogens (tertiary/aromatic N) is 1. The summed E-state index contributed by atoms with van der Waals surface area (Å²) in [5, 5.41) is 3.14. The third-order valence-corrected chi connectivity index (χ3v) is 3.59. The fraction of sp³-hybridized carbons (Fsp3) is 0.500.